The van der Waals surface area contributed by atoms with E-state index in [9.17, 15) is 4.79 Å². The number of rotatable bonds is 2. The van der Waals surface area contributed by atoms with Gasteiger partial charge in [-0.2, -0.15) is 0 Å². The number of hydrogen-bond acceptors (Lipinski definition) is 1. The molecule has 0 saturated heterocycles. The monoisotopic (exact) mass is 265 g/mol. The summed E-state index contributed by atoms with van der Waals surface area (Å²) in [7, 11) is 0. The van der Waals surface area contributed by atoms with Crippen LogP contribution in [-0.2, 0) is 12.8 Å². The third kappa shape index (κ3) is 2.60. The Balaban J connectivity index is 1.82. The summed E-state index contributed by atoms with van der Waals surface area (Å²) in [5.74, 6) is -0.0234. The van der Waals surface area contributed by atoms with Crippen LogP contribution in [0, 0.1) is 13.8 Å². The second kappa shape index (κ2) is 5.12. The van der Waals surface area contributed by atoms with Gasteiger partial charge in [-0.25, -0.2) is 0 Å². The van der Waals surface area contributed by atoms with Gasteiger partial charge in [0.05, 0.1) is 0 Å². The van der Waals surface area contributed by atoms with Crippen molar-refractivity contribution in [3.05, 3.63) is 64.2 Å². The van der Waals surface area contributed by atoms with Crippen molar-refractivity contribution in [3.63, 3.8) is 0 Å². The Morgan fingerprint density at radius 1 is 0.950 bits per heavy atom. The van der Waals surface area contributed by atoms with Gasteiger partial charge < -0.3 is 5.32 Å². The summed E-state index contributed by atoms with van der Waals surface area (Å²) >= 11 is 0. The van der Waals surface area contributed by atoms with E-state index in [-0.39, 0.29) is 5.91 Å². The molecule has 0 atom stereocenters. The van der Waals surface area contributed by atoms with Crippen molar-refractivity contribution in [1.29, 1.82) is 0 Å². The average molecular weight is 265 g/mol. The van der Waals surface area contributed by atoms with Crippen molar-refractivity contribution in [1.82, 2.24) is 0 Å². The van der Waals surface area contributed by atoms with Gasteiger partial charge in [-0.1, -0.05) is 12.1 Å². The second-order valence-corrected chi connectivity index (χ2v) is 5.67. The van der Waals surface area contributed by atoms with Gasteiger partial charge >= 0.3 is 0 Å². The van der Waals surface area contributed by atoms with E-state index in [4.69, 9.17) is 0 Å². The summed E-state index contributed by atoms with van der Waals surface area (Å²) in [6.07, 6.45) is 3.45. The van der Waals surface area contributed by atoms with Crippen molar-refractivity contribution in [2.24, 2.45) is 0 Å². The molecular formula is C18H19NO. The van der Waals surface area contributed by atoms with Crippen LogP contribution in [0.25, 0.3) is 0 Å². The van der Waals surface area contributed by atoms with E-state index in [1.165, 1.54) is 17.5 Å². The van der Waals surface area contributed by atoms with Crippen molar-refractivity contribution in [2.45, 2.75) is 33.1 Å². The maximum absolute atomic E-state index is 12.3. The molecule has 1 N–H and O–H groups in total. The molecule has 0 bridgehead atoms. The highest BCUT2D eigenvalue weighted by Crippen LogP contribution is 2.23. The molecule has 1 aliphatic carbocycles. The molecule has 20 heavy (non-hydrogen) atoms. The number of anilines is 1. The molecule has 2 aromatic rings. The minimum Gasteiger partial charge on any atom is -0.322 e. The standard InChI is InChI=1S/C18H19NO/c1-12-8-13(2)10-17(9-12)19-18(20)16-7-6-14-4-3-5-15(14)11-16/h6-11H,3-5H2,1-2H3,(H,19,20). The van der Waals surface area contributed by atoms with Gasteiger partial charge in [-0.3, -0.25) is 4.79 Å². The first-order chi connectivity index (χ1) is 9.61. The van der Waals surface area contributed by atoms with Crippen LogP contribution in [0.15, 0.2) is 36.4 Å². The summed E-state index contributed by atoms with van der Waals surface area (Å²) in [5.41, 5.74) is 6.67. The Hall–Kier alpha value is -2.09. The normalized spacial score (nSPS) is 13.1. The Kier molecular flexibility index (Phi) is 3.31. The molecule has 0 aromatic heterocycles. The fraction of sp³-hybridized carbons (Fsp3) is 0.278. The molecule has 0 spiro atoms. The highest BCUT2D eigenvalue weighted by molar-refractivity contribution is 6.04. The lowest BCUT2D eigenvalue weighted by molar-refractivity contribution is 0.102. The first kappa shape index (κ1) is 12.9. The smallest absolute Gasteiger partial charge is 0.255 e. The van der Waals surface area contributed by atoms with E-state index in [2.05, 4.69) is 17.4 Å². The Morgan fingerprint density at radius 2 is 1.65 bits per heavy atom. The molecule has 1 amide bonds. The molecule has 102 valence electrons. The number of benzene rings is 2. The molecular weight excluding hydrogens is 246 g/mol. The lowest BCUT2D eigenvalue weighted by atomic mass is 10.1. The number of aryl methyl sites for hydroxylation is 4. The van der Waals surface area contributed by atoms with Crippen LogP contribution >= 0.6 is 0 Å². The largest absolute Gasteiger partial charge is 0.322 e. The zero-order valence-corrected chi connectivity index (χ0v) is 12.0. The fourth-order valence-electron chi connectivity index (χ4n) is 2.96. The van der Waals surface area contributed by atoms with Crippen molar-refractivity contribution in [2.75, 3.05) is 5.32 Å². The Labute approximate surface area is 119 Å². The summed E-state index contributed by atoms with van der Waals surface area (Å²) < 4.78 is 0. The minimum absolute atomic E-state index is 0.0234. The molecule has 2 aromatic carbocycles. The van der Waals surface area contributed by atoms with Crippen molar-refractivity contribution < 1.29 is 4.79 Å². The summed E-state index contributed by atoms with van der Waals surface area (Å²) in [5, 5.41) is 2.99. The number of amides is 1. The minimum atomic E-state index is -0.0234. The van der Waals surface area contributed by atoms with Gasteiger partial charge in [-0.05, 0) is 79.6 Å². The van der Waals surface area contributed by atoms with Gasteiger partial charge in [0.1, 0.15) is 0 Å². The summed E-state index contributed by atoms with van der Waals surface area (Å²) in [6, 6.07) is 12.2. The molecule has 0 radical (unpaired) electrons. The number of carbonyl (C=O) groups excluding carboxylic acids is 1. The quantitative estimate of drug-likeness (QED) is 0.872. The molecule has 3 rings (SSSR count). The topological polar surface area (TPSA) is 29.1 Å². The zero-order chi connectivity index (χ0) is 14.1. The first-order valence-corrected chi connectivity index (χ1v) is 7.13. The molecule has 0 unspecified atom stereocenters. The SMILES string of the molecule is Cc1cc(C)cc(NC(=O)c2ccc3c(c2)CCC3)c1. The van der Waals surface area contributed by atoms with E-state index in [0.29, 0.717) is 0 Å². The highest BCUT2D eigenvalue weighted by Gasteiger charge is 2.14. The lowest BCUT2D eigenvalue weighted by Crippen LogP contribution is -2.12. The van der Waals surface area contributed by atoms with Crippen LogP contribution < -0.4 is 5.32 Å². The Bertz CT molecular complexity index is 653. The fourth-order valence-corrected chi connectivity index (χ4v) is 2.96. The molecule has 0 aliphatic heterocycles. The van der Waals surface area contributed by atoms with E-state index in [0.717, 1.165) is 35.2 Å². The van der Waals surface area contributed by atoms with E-state index in [1.807, 2.05) is 38.1 Å². The van der Waals surface area contributed by atoms with Crippen LogP contribution in [0.1, 0.15) is 39.0 Å². The third-order valence-corrected chi connectivity index (χ3v) is 3.84. The predicted molar refractivity (Wildman–Crippen MR) is 82.3 cm³/mol. The Morgan fingerprint density at radius 3 is 2.40 bits per heavy atom. The van der Waals surface area contributed by atoms with Gasteiger partial charge in [-0.15, -0.1) is 0 Å². The lowest BCUT2D eigenvalue weighted by Gasteiger charge is -2.09. The summed E-state index contributed by atoms with van der Waals surface area (Å²) in [4.78, 5) is 12.3. The number of fused-ring (bicyclic) bond motifs is 1. The maximum atomic E-state index is 12.3. The van der Waals surface area contributed by atoms with Gasteiger partial charge in [0.15, 0.2) is 0 Å². The zero-order valence-electron chi connectivity index (χ0n) is 12.0. The average Bonchev–Trinajstić information content (AvgIpc) is 2.84. The molecule has 0 saturated carbocycles. The summed E-state index contributed by atoms with van der Waals surface area (Å²) in [6.45, 7) is 4.08. The van der Waals surface area contributed by atoms with Crippen LogP contribution in [0.3, 0.4) is 0 Å². The molecule has 0 fully saturated rings. The molecule has 2 nitrogen and oxygen atoms in total. The van der Waals surface area contributed by atoms with Gasteiger partial charge in [0, 0.05) is 11.3 Å². The third-order valence-electron chi connectivity index (χ3n) is 3.84. The van der Waals surface area contributed by atoms with Gasteiger partial charge in [0.2, 0.25) is 0 Å². The maximum Gasteiger partial charge on any atom is 0.255 e. The molecule has 1 aliphatic rings. The van der Waals surface area contributed by atoms with E-state index >= 15 is 0 Å². The van der Waals surface area contributed by atoms with E-state index < -0.39 is 0 Å². The first-order valence-electron chi connectivity index (χ1n) is 7.13. The van der Waals surface area contributed by atoms with Crippen LogP contribution in [-0.4, -0.2) is 5.91 Å². The number of hydrogen-bond donors (Lipinski definition) is 1. The van der Waals surface area contributed by atoms with Crippen molar-refractivity contribution in [3.8, 4) is 0 Å². The highest BCUT2D eigenvalue weighted by atomic mass is 16.1. The van der Waals surface area contributed by atoms with Crippen LogP contribution in [0.5, 0.6) is 0 Å². The number of carbonyl (C=O) groups is 1. The molecule has 2 heteroatoms. The number of nitrogens with one attached hydrogen (secondary N) is 1. The van der Waals surface area contributed by atoms with Crippen LogP contribution in [0.4, 0.5) is 5.69 Å². The van der Waals surface area contributed by atoms with Crippen molar-refractivity contribution >= 4 is 11.6 Å². The molecule has 0 heterocycles. The predicted octanol–water partition coefficient (Wildman–Crippen LogP) is 4.04. The van der Waals surface area contributed by atoms with E-state index in [1.54, 1.807) is 0 Å². The van der Waals surface area contributed by atoms with Gasteiger partial charge in [0.25, 0.3) is 5.91 Å². The second-order valence-electron chi connectivity index (χ2n) is 5.67. The van der Waals surface area contributed by atoms with Crippen LogP contribution in [0.2, 0.25) is 0 Å².